The van der Waals surface area contributed by atoms with Crippen molar-refractivity contribution in [1.82, 2.24) is 0 Å². The normalized spacial score (nSPS) is 10.8. The van der Waals surface area contributed by atoms with Crippen molar-refractivity contribution in [2.24, 2.45) is 0 Å². The molecule has 0 aliphatic heterocycles. The molecule has 3 heteroatoms. The van der Waals surface area contributed by atoms with Gasteiger partial charge in [-0.2, -0.15) is 0 Å². The molecule has 2 aromatic rings. The Balaban J connectivity index is 2.00. The average molecular weight is 424 g/mol. The van der Waals surface area contributed by atoms with Gasteiger partial charge >= 0.3 is 0 Å². The number of unbranched alkanes of at least 4 members (excludes halogenated alkanes) is 4. The first-order valence-electron chi connectivity index (χ1n) is 12.7. The molecule has 0 bridgehead atoms. The van der Waals surface area contributed by atoms with Crippen LogP contribution in [0.15, 0.2) is 48.5 Å². The molecule has 1 N–H and O–H groups in total. The van der Waals surface area contributed by atoms with Crippen molar-refractivity contribution in [3.8, 4) is 0 Å². The van der Waals surface area contributed by atoms with E-state index < -0.39 is 0 Å². The molecule has 0 spiro atoms. The van der Waals surface area contributed by atoms with Crippen LogP contribution >= 0.6 is 0 Å². The third kappa shape index (κ3) is 8.85. The topological polar surface area (TPSA) is 18.5 Å². The Kier molecular flexibility index (Phi) is 12.0. The average Bonchev–Trinajstić information content (AvgIpc) is 2.81. The molecule has 0 saturated carbocycles. The maximum absolute atomic E-state index is 3.57. The number of hydrogen-bond acceptors (Lipinski definition) is 3. The zero-order chi connectivity index (χ0) is 22.3. The van der Waals surface area contributed by atoms with Crippen LogP contribution < -0.4 is 15.1 Å². The summed E-state index contributed by atoms with van der Waals surface area (Å²) in [6.45, 7) is 13.7. The first-order valence-corrected chi connectivity index (χ1v) is 12.7. The van der Waals surface area contributed by atoms with Crippen molar-refractivity contribution in [3.63, 3.8) is 0 Å². The van der Waals surface area contributed by atoms with Gasteiger partial charge < -0.3 is 15.1 Å². The van der Waals surface area contributed by atoms with Crippen molar-refractivity contribution in [1.29, 1.82) is 0 Å². The molecule has 0 aliphatic rings. The van der Waals surface area contributed by atoms with Gasteiger partial charge in [-0.1, -0.05) is 53.4 Å². The molecule has 0 atom stereocenters. The number of benzene rings is 2. The van der Waals surface area contributed by atoms with E-state index in [1.165, 1.54) is 62.7 Å². The number of nitrogens with zero attached hydrogens (tertiary/aromatic N) is 2. The number of anilines is 4. The van der Waals surface area contributed by atoms with Gasteiger partial charge in [0, 0.05) is 48.9 Å². The standard InChI is InChI=1S/C28H45N3/c1-5-9-21-30(22-10-6-2)27-17-13-25(14-18-27)29-26-15-19-28(20-16-26)31(23-11-7-3)24-12-8-4/h13-20,29H,5-12,21-24H2,1-4H3. The van der Waals surface area contributed by atoms with E-state index in [0.29, 0.717) is 0 Å². The Labute approximate surface area is 191 Å². The predicted molar refractivity (Wildman–Crippen MR) is 140 cm³/mol. The van der Waals surface area contributed by atoms with E-state index in [4.69, 9.17) is 0 Å². The third-order valence-electron chi connectivity index (χ3n) is 5.88. The van der Waals surface area contributed by atoms with Crippen LogP contribution in [0, 0.1) is 0 Å². The van der Waals surface area contributed by atoms with Crippen LogP contribution in [-0.4, -0.2) is 26.2 Å². The van der Waals surface area contributed by atoms with Gasteiger partial charge in [-0.05, 0) is 74.2 Å². The molecular formula is C28H45N3. The van der Waals surface area contributed by atoms with E-state index in [-0.39, 0.29) is 0 Å². The fraction of sp³-hybridized carbons (Fsp3) is 0.571. The zero-order valence-electron chi connectivity index (χ0n) is 20.5. The summed E-state index contributed by atoms with van der Waals surface area (Å²) in [5.74, 6) is 0. The maximum Gasteiger partial charge on any atom is 0.0385 e. The minimum absolute atomic E-state index is 1.15. The molecule has 0 unspecified atom stereocenters. The zero-order valence-corrected chi connectivity index (χ0v) is 20.5. The Morgan fingerprint density at radius 2 is 0.774 bits per heavy atom. The molecular weight excluding hydrogens is 378 g/mol. The fourth-order valence-corrected chi connectivity index (χ4v) is 3.81. The summed E-state index contributed by atoms with van der Waals surface area (Å²) in [5, 5.41) is 3.57. The summed E-state index contributed by atoms with van der Waals surface area (Å²) in [5.41, 5.74) is 4.98. The van der Waals surface area contributed by atoms with Crippen molar-refractivity contribution in [2.45, 2.75) is 79.1 Å². The van der Waals surface area contributed by atoms with Crippen LogP contribution in [0.2, 0.25) is 0 Å². The second-order valence-electron chi connectivity index (χ2n) is 8.61. The highest BCUT2D eigenvalue weighted by Crippen LogP contribution is 2.24. The summed E-state index contributed by atoms with van der Waals surface area (Å²) in [7, 11) is 0. The van der Waals surface area contributed by atoms with E-state index in [1.54, 1.807) is 0 Å². The highest BCUT2D eigenvalue weighted by atomic mass is 15.1. The summed E-state index contributed by atoms with van der Waals surface area (Å²) < 4.78 is 0. The molecule has 2 rings (SSSR count). The van der Waals surface area contributed by atoms with E-state index >= 15 is 0 Å². The quantitative estimate of drug-likeness (QED) is 0.293. The predicted octanol–water partition coefficient (Wildman–Crippen LogP) is 8.24. The number of nitrogens with one attached hydrogen (secondary N) is 1. The van der Waals surface area contributed by atoms with E-state index in [0.717, 1.165) is 37.6 Å². The Bertz CT molecular complexity index is 616. The van der Waals surface area contributed by atoms with Crippen molar-refractivity contribution >= 4 is 22.7 Å². The van der Waals surface area contributed by atoms with Crippen LogP contribution in [0.4, 0.5) is 22.7 Å². The van der Waals surface area contributed by atoms with E-state index in [9.17, 15) is 0 Å². The largest absolute Gasteiger partial charge is 0.372 e. The first kappa shape index (κ1) is 25.1. The fourth-order valence-electron chi connectivity index (χ4n) is 3.81. The minimum Gasteiger partial charge on any atom is -0.372 e. The maximum atomic E-state index is 3.57. The Hall–Kier alpha value is -2.16. The van der Waals surface area contributed by atoms with Gasteiger partial charge in [0.1, 0.15) is 0 Å². The smallest absolute Gasteiger partial charge is 0.0385 e. The summed E-state index contributed by atoms with van der Waals surface area (Å²) in [6, 6.07) is 17.9. The molecule has 0 heterocycles. The first-order chi connectivity index (χ1) is 15.2. The molecule has 0 fully saturated rings. The molecule has 0 amide bonds. The van der Waals surface area contributed by atoms with Gasteiger partial charge in [-0.3, -0.25) is 0 Å². The van der Waals surface area contributed by atoms with Crippen LogP contribution in [0.25, 0.3) is 0 Å². The van der Waals surface area contributed by atoms with E-state index in [1.807, 2.05) is 0 Å². The second kappa shape index (κ2) is 14.8. The number of hydrogen-bond donors (Lipinski definition) is 1. The van der Waals surface area contributed by atoms with Gasteiger partial charge in [0.05, 0.1) is 0 Å². The highest BCUT2D eigenvalue weighted by Gasteiger charge is 2.07. The van der Waals surface area contributed by atoms with Crippen molar-refractivity contribution in [3.05, 3.63) is 48.5 Å². The molecule has 0 radical (unpaired) electrons. The highest BCUT2D eigenvalue weighted by molar-refractivity contribution is 5.65. The molecule has 31 heavy (non-hydrogen) atoms. The van der Waals surface area contributed by atoms with Crippen molar-refractivity contribution in [2.75, 3.05) is 41.3 Å². The number of rotatable bonds is 16. The van der Waals surface area contributed by atoms with E-state index in [2.05, 4.69) is 91.3 Å². The lowest BCUT2D eigenvalue weighted by atomic mass is 10.2. The Morgan fingerprint density at radius 1 is 0.484 bits per heavy atom. The van der Waals surface area contributed by atoms with Gasteiger partial charge in [-0.15, -0.1) is 0 Å². The Morgan fingerprint density at radius 3 is 1.03 bits per heavy atom. The molecule has 3 nitrogen and oxygen atoms in total. The summed E-state index contributed by atoms with van der Waals surface area (Å²) in [4.78, 5) is 5.07. The van der Waals surface area contributed by atoms with Gasteiger partial charge in [0.15, 0.2) is 0 Å². The summed E-state index contributed by atoms with van der Waals surface area (Å²) in [6.07, 6.45) is 9.98. The molecule has 2 aromatic carbocycles. The third-order valence-corrected chi connectivity index (χ3v) is 5.88. The molecule has 0 aliphatic carbocycles. The minimum atomic E-state index is 1.15. The lowest BCUT2D eigenvalue weighted by Crippen LogP contribution is -2.25. The van der Waals surface area contributed by atoms with Gasteiger partial charge in [0.2, 0.25) is 0 Å². The lowest BCUT2D eigenvalue weighted by molar-refractivity contribution is 0.678. The lowest BCUT2D eigenvalue weighted by Gasteiger charge is -2.25. The van der Waals surface area contributed by atoms with Crippen molar-refractivity contribution < 1.29 is 0 Å². The molecule has 0 aromatic heterocycles. The van der Waals surface area contributed by atoms with Crippen LogP contribution in [0.5, 0.6) is 0 Å². The van der Waals surface area contributed by atoms with Crippen LogP contribution in [-0.2, 0) is 0 Å². The second-order valence-corrected chi connectivity index (χ2v) is 8.61. The SMILES string of the molecule is CCCCN(CCCC)c1ccc(Nc2ccc(N(CCCC)CCCC)cc2)cc1. The van der Waals surface area contributed by atoms with Crippen LogP contribution in [0.3, 0.4) is 0 Å². The molecule has 172 valence electrons. The van der Waals surface area contributed by atoms with Crippen LogP contribution in [0.1, 0.15) is 79.1 Å². The van der Waals surface area contributed by atoms with Gasteiger partial charge in [-0.25, -0.2) is 0 Å². The van der Waals surface area contributed by atoms with Gasteiger partial charge in [0.25, 0.3) is 0 Å². The molecule has 0 saturated heterocycles. The monoisotopic (exact) mass is 423 g/mol. The summed E-state index contributed by atoms with van der Waals surface area (Å²) >= 11 is 0.